The average Bonchev–Trinajstić information content (AvgIpc) is 3.05. The number of allylic oxidation sites excluding steroid dienone is 1. The Morgan fingerprint density at radius 1 is 1.31 bits per heavy atom. The maximum absolute atomic E-state index is 9.78. The number of rotatable bonds is 10. The SMILES string of the molecule is C=C(CCC1(CCC)Cc2ccccc2[C@H]1N)Cc1nc(N)c(C(=N)CC#N)nc1CO. The van der Waals surface area contributed by atoms with Crippen LogP contribution in [-0.2, 0) is 19.4 Å². The Balaban J connectivity index is 1.74. The van der Waals surface area contributed by atoms with E-state index in [1.54, 1.807) is 0 Å². The molecule has 0 saturated heterocycles. The summed E-state index contributed by atoms with van der Waals surface area (Å²) in [6.07, 6.45) is 5.16. The lowest BCUT2D eigenvalue weighted by atomic mass is 9.73. The van der Waals surface area contributed by atoms with Crippen LogP contribution in [0.2, 0.25) is 0 Å². The van der Waals surface area contributed by atoms with Gasteiger partial charge in [0.25, 0.3) is 0 Å². The smallest absolute Gasteiger partial charge is 0.151 e. The summed E-state index contributed by atoms with van der Waals surface area (Å²) in [6.45, 7) is 6.13. The van der Waals surface area contributed by atoms with Gasteiger partial charge in [-0.15, -0.1) is 0 Å². The van der Waals surface area contributed by atoms with E-state index in [1.807, 2.05) is 6.07 Å². The number of benzene rings is 1. The number of hydrogen-bond donors (Lipinski definition) is 4. The molecule has 1 aliphatic carbocycles. The van der Waals surface area contributed by atoms with Crippen LogP contribution in [0.4, 0.5) is 5.82 Å². The first-order chi connectivity index (χ1) is 15.3. The largest absolute Gasteiger partial charge is 0.390 e. The second-order valence-corrected chi connectivity index (χ2v) is 8.71. The minimum absolute atomic E-state index is 0.00567. The fourth-order valence-corrected chi connectivity index (χ4v) is 4.85. The van der Waals surface area contributed by atoms with Crippen molar-refractivity contribution in [1.29, 1.82) is 10.7 Å². The molecule has 2 aromatic rings. The van der Waals surface area contributed by atoms with E-state index >= 15 is 0 Å². The van der Waals surface area contributed by atoms with Crippen LogP contribution in [0.1, 0.15) is 73.3 Å². The van der Waals surface area contributed by atoms with Gasteiger partial charge >= 0.3 is 0 Å². The van der Waals surface area contributed by atoms with Crippen LogP contribution in [0, 0.1) is 22.2 Å². The van der Waals surface area contributed by atoms with Crippen molar-refractivity contribution >= 4 is 11.5 Å². The van der Waals surface area contributed by atoms with Crippen LogP contribution in [0.15, 0.2) is 36.4 Å². The van der Waals surface area contributed by atoms with Crippen LogP contribution in [0.5, 0.6) is 0 Å². The Labute approximate surface area is 189 Å². The molecule has 0 bridgehead atoms. The number of aromatic nitrogens is 2. The normalized spacial score (nSPS) is 19.4. The van der Waals surface area contributed by atoms with E-state index in [0.29, 0.717) is 17.8 Å². The molecule has 2 atom stereocenters. The van der Waals surface area contributed by atoms with Gasteiger partial charge in [-0.2, -0.15) is 5.26 Å². The highest BCUT2D eigenvalue weighted by Gasteiger charge is 2.42. The highest BCUT2D eigenvalue weighted by molar-refractivity contribution is 6.01. The van der Waals surface area contributed by atoms with Crippen molar-refractivity contribution < 1.29 is 5.11 Å². The van der Waals surface area contributed by atoms with Crippen molar-refractivity contribution in [3.63, 3.8) is 0 Å². The van der Waals surface area contributed by atoms with Gasteiger partial charge in [0.05, 0.1) is 36.2 Å². The Morgan fingerprint density at radius 2 is 2.06 bits per heavy atom. The first kappa shape index (κ1) is 23.6. The molecule has 6 N–H and O–H groups in total. The van der Waals surface area contributed by atoms with Gasteiger partial charge < -0.3 is 22.0 Å². The number of aliphatic hydroxyl groups is 1. The first-order valence-corrected chi connectivity index (χ1v) is 11.1. The van der Waals surface area contributed by atoms with Crippen molar-refractivity contribution in [2.24, 2.45) is 11.1 Å². The summed E-state index contributed by atoms with van der Waals surface area (Å²) in [7, 11) is 0. The zero-order valence-corrected chi connectivity index (χ0v) is 18.7. The van der Waals surface area contributed by atoms with Gasteiger partial charge in [0.2, 0.25) is 0 Å². The molecule has 0 aliphatic heterocycles. The van der Waals surface area contributed by atoms with Crippen LogP contribution in [-0.4, -0.2) is 20.8 Å². The summed E-state index contributed by atoms with van der Waals surface area (Å²) in [4.78, 5) is 8.70. The lowest BCUT2D eigenvalue weighted by molar-refractivity contribution is 0.203. The number of nitrogens with two attached hydrogens (primary N) is 2. The minimum atomic E-state index is -0.317. The Bertz CT molecular complexity index is 1060. The van der Waals surface area contributed by atoms with Crippen molar-refractivity contribution in [1.82, 2.24) is 9.97 Å². The van der Waals surface area contributed by atoms with Gasteiger partial charge in [-0.3, -0.25) is 0 Å². The molecule has 0 amide bonds. The van der Waals surface area contributed by atoms with Gasteiger partial charge in [-0.1, -0.05) is 49.8 Å². The quantitative estimate of drug-likeness (QED) is 0.332. The monoisotopic (exact) mass is 432 g/mol. The molecule has 32 heavy (non-hydrogen) atoms. The van der Waals surface area contributed by atoms with Crippen LogP contribution in [0.25, 0.3) is 0 Å². The van der Waals surface area contributed by atoms with Gasteiger partial charge in [-0.05, 0) is 42.2 Å². The van der Waals surface area contributed by atoms with Crippen molar-refractivity contribution in [2.75, 3.05) is 5.73 Å². The van der Waals surface area contributed by atoms with Crippen molar-refractivity contribution in [3.05, 3.63) is 64.6 Å². The van der Waals surface area contributed by atoms with Crippen LogP contribution < -0.4 is 11.5 Å². The summed E-state index contributed by atoms with van der Waals surface area (Å²) < 4.78 is 0. The number of anilines is 1. The predicted molar refractivity (Wildman–Crippen MR) is 126 cm³/mol. The molecular formula is C25H32N6O. The molecule has 1 aliphatic rings. The molecule has 7 heteroatoms. The number of nitrogen functional groups attached to an aromatic ring is 1. The standard InChI is InChI=1S/C25H32N6O/c1-3-10-25(14-17-6-4-5-7-18(17)23(25)28)11-8-16(2)13-20-21(15-32)30-22(24(29)31-20)19(27)9-12-26/h4-7,23,27,32H,2-3,8-11,13-15,28H2,1H3,(H2,29,31)/t23-,25?/m1/s1. The molecule has 1 aromatic heterocycles. The molecule has 0 fully saturated rings. The molecular weight excluding hydrogens is 400 g/mol. The number of hydrogen-bond acceptors (Lipinski definition) is 7. The Kier molecular flexibility index (Phi) is 7.39. The lowest BCUT2D eigenvalue weighted by Crippen LogP contribution is -2.31. The molecule has 0 radical (unpaired) electrons. The molecule has 1 aromatic carbocycles. The van der Waals surface area contributed by atoms with Crippen molar-refractivity contribution in [3.8, 4) is 6.07 Å². The predicted octanol–water partition coefficient (Wildman–Crippen LogP) is 3.75. The fraction of sp³-hybridized carbons (Fsp3) is 0.440. The Hall–Kier alpha value is -3.08. The number of fused-ring (bicyclic) bond motifs is 1. The molecule has 1 unspecified atom stereocenters. The van der Waals surface area contributed by atoms with Gasteiger partial charge in [0.15, 0.2) is 5.82 Å². The van der Waals surface area contributed by atoms with Crippen molar-refractivity contribution in [2.45, 2.75) is 64.5 Å². The van der Waals surface area contributed by atoms with Gasteiger partial charge in [-0.25, -0.2) is 9.97 Å². The topological polar surface area (TPSA) is 146 Å². The van der Waals surface area contributed by atoms with Crippen LogP contribution >= 0.6 is 0 Å². The van der Waals surface area contributed by atoms with Gasteiger partial charge in [0.1, 0.15) is 5.69 Å². The first-order valence-electron chi connectivity index (χ1n) is 11.1. The third kappa shape index (κ3) is 4.72. The third-order valence-corrected chi connectivity index (χ3v) is 6.50. The van der Waals surface area contributed by atoms with E-state index in [2.05, 4.69) is 47.7 Å². The highest BCUT2D eigenvalue weighted by atomic mass is 16.3. The summed E-state index contributed by atoms with van der Waals surface area (Å²) in [5, 5.41) is 26.5. The number of nitrogens with zero attached hydrogens (tertiary/aromatic N) is 3. The number of nitriles is 1. The maximum atomic E-state index is 9.78. The lowest BCUT2D eigenvalue weighted by Gasteiger charge is -2.34. The molecule has 0 spiro atoms. The maximum Gasteiger partial charge on any atom is 0.151 e. The summed E-state index contributed by atoms with van der Waals surface area (Å²) >= 11 is 0. The van der Waals surface area contributed by atoms with E-state index in [1.165, 1.54) is 11.1 Å². The minimum Gasteiger partial charge on any atom is -0.390 e. The molecule has 0 saturated carbocycles. The second kappa shape index (κ2) is 10.0. The van der Waals surface area contributed by atoms with Gasteiger partial charge in [0, 0.05) is 12.5 Å². The molecule has 168 valence electrons. The number of nitrogens with one attached hydrogen (secondary N) is 1. The summed E-state index contributed by atoms with van der Waals surface area (Å²) in [5.74, 6) is 0.0981. The van der Waals surface area contributed by atoms with E-state index in [-0.39, 0.29) is 41.7 Å². The molecule has 7 nitrogen and oxygen atoms in total. The fourth-order valence-electron chi connectivity index (χ4n) is 4.85. The van der Waals surface area contributed by atoms with E-state index < -0.39 is 0 Å². The zero-order valence-electron chi connectivity index (χ0n) is 18.7. The van der Waals surface area contributed by atoms with E-state index in [0.717, 1.165) is 37.7 Å². The van der Waals surface area contributed by atoms with E-state index in [4.69, 9.17) is 22.1 Å². The summed E-state index contributed by atoms with van der Waals surface area (Å²) in [6, 6.07) is 10.4. The second-order valence-electron chi connectivity index (χ2n) is 8.71. The highest BCUT2D eigenvalue weighted by Crippen LogP contribution is 2.50. The van der Waals surface area contributed by atoms with Crippen LogP contribution in [0.3, 0.4) is 0 Å². The average molecular weight is 433 g/mol. The zero-order chi connectivity index (χ0) is 23.3. The summed E-state index contributed by atoms with van der Waals surface area (Å²) in [5.41, 5.74) is 17.4. The Morgan fingerprint density at radius 3 is 2.72 bits per heavy atom. The molecule has 1 heterocycles. The molecule has 3 rings (SSSR count). The number of aliphatic hydroxyl groups excluding tert-OH is 1. The van der Waals surface area contributed by atoms with E-state index in [9.17, 15) is 5.11 Å². The third-order valence-electron chi connectivity index (χ3n) is 6.50.